The molecule has 1 amide bonds. The topological polar surface area (TPSA) is 32.8 Å². The third-order valence-corrected chi connectivity index (χ3v) is 5.16. The van der Waals surface area contributed by atoms with Crippen LogP contribution >= 0.6 is 11.6 Å². The molecule has 2 heterocycles. The van der Waals surface area contributed by atoms with E-state index in [1.54, 1.807) is 0 Å². The summed E-state index contributed by atoms with van der Waals surface area (Å²) >= 11 is 6.45. The van der Waals surface area contributed by atoms with E-state index < -0.39 is 0 Å². The highest BCUT2D eigenvalue weighted by atomic mass is 35.5. The summed E-state index contributed by atoms with van der Waals surface area (Å²) in [7, 11) is 0. The highest BCUT2D eigenvalue weighted by molar-refractivity contribution is 6.33. The Morgan fingerprint density at radius 1 is 1.13 bits per heavy atom. The molecule has 1 aromatic carbocycles. The van der Waals surface area contributed by atoms with Crippen LogP contribution in [0.15, 0.2) is 12.1 Å². The van der Waals surface area contributed by atoms with Gasteiger partial charge in [-0.1, -0.05) is 17.7 Å². The fourth-order valence-corrected chi connectivity index (χ4v) is 4.10. The monoisotopic (exact) mass is 336 g/mol. The van der Waals surface area contributed by atoms with E-state index in [2.05, 4.69) is 24.8 Å². The molecule has 2 saturated heterocycles. The molecule has 0 spiro atoms. The molecule has 2 aliphatic rings. The Hall–Kier alpha value is -1.26. The molecule has 3 rings (SSSR count). The van der Waals surface area contributed by atoms with Crippen molar-refractivity contribution in [3.63, 3.8) is 0 Å². The maximum absolute atomic E-state index is 12.6. The number of hydrogen-bond acceptors (Lipinski definition) is 3. The zero-order chi connectivity index (χ0) is 16.4. The van der Waals surface area contributed by atoms with E-state index in [9.17, 15) is 4.79 Å². The third kappa shape index (κ3) is 3.64. The van der Waals surface area contributed by atoms with E-state index in [4.69, 9.17) is 16.3 Å². The number of anilines is 1. The molecule has 0 N–H and O–H groups in total. The molecule has 0 unspecified atom stereocenters. The molecule has 5 heteroatoms. The van der Waals surface area contributed by atoms with Gasteiger partial charge in [-0.15, -0.1) is 0 Å². The van der Waals surface area contributed by atoms with Crippen molar-refractivity contribution in [3.05, 3.63) is 28.3 Å². The van der Waals surface area contributed by atoms with E-state index in [0.717, 1.165) is 49.7 Å². The van der Waals surface area contributed by atoms with Crippen molar-refractivity contribution in [1.29, 1.82) is 0 Å². The van der Waals surface area contributed by atoms with Crippen LogP contribution in [-0.2, 0) is 9.53 Å². The van der Waals surface area contributed by atoms with Crippen LogP contribution in [0.25, 0.3) is 0 Å². The highest BCUT2D eigenvalue weighted by Crippen LogP contribution is 2.32. The Labute approximate surface area is 143 Å². The molecule has 0 radical (unpaired) electrons. The molecule has 2 fully saturated rings. The maximum atomic E-state index is 12.6. The highest BCUT2D eigenvalue weighted by Gasteiger charge is 2.29. The van der Waals surface area contributed by atoms with Gasteiger partial charge in [-0.3, -0.25) is 4.79 Å². The first-order valence-electron chi connectivity index (χ1n) is 8.44. The lowest BCUT2D eigenvalue weighted by Gasteiger charge is -2.39. The lowest BCUT2D eigenvalue weighted by molar-refractivity contribution is -0.138. The van der Waals surface area contributed by atoms with Crippen molar-refractivity contribution in [2.45, 2.75) is 26.7 Å². The zero-order valence-corrected chi connectivity index (χ0v) is 14.7. The summed E-state index contributed by atoms with van der Waals surface area (Å²) in [5.74, 6) is 0.458. The number of amides is 1. The van der Waals surface area contributed by atoms with Crippen LogP contribution in [0.1, 0.15) is 24.0 Å². The fraction of sp³-hybridized carbons (Fsp3) is 0.611. The lowest BCUT2D eigenvalue weighted by Crippen LogP contribution is -2.51. The number of hydrogen-bond donors (Lipinski definition) is 0. The summed E-state index contributed by atoms with van der Waals surface area (Å²) in [6, 6.07) is 4.18. The first-order chi connectivity index (χ1) is 11.1. The van der Waals surface area contributed by atoms with Crippen molar-refractivity contribution in [2.75, 3.05) is 44.3 Å². The molecule has 23 heavy (non-hydrogen) atoms. The Bertz CT molecular complexity index is 553. The molecular weight excluding hydrogens is 312 g/mol. The van der Waals surface area contributed by atoms with Gasteiger partial charge in [0.1, 0.15) is 0 Å². The Morgan fingerprint density at radius 3 is 2.39 bits per heavy atom. The van der Waals surface area contributed by atoms with E-state index in [-0.39, 0.29) is 5.92 Å². The van der Waals surface area contributed by atoms with Gasteiger partial charge < -0.3 is 14.5 Å². The SMILES string of the molecule is Cc1cc(C)c(N2CCN(C(=O)C3CCOCC3)CC2)c(Cl)c1. The van der Waals surface area contributed by atoms with Crippen molar-refractivity contribution >= 4 is 23.2 Å². The minimum absolute atomic E-state index is 0.153. The van der Waals surface area contributed by atoms with Crippen molar-refractivity contribution in [1.82, 2.24) is 4.90 Å². The fourth-order valence-electron chi connectivity index (χ4n) is 3.66. The molecule has 126 valence electrons. The molecule has 0 bridgehead atoms. The number of carbonyl (C=O) groups is 1. The number of carbonyl (C=O) groups excluding carboxylic acids is 1. The minimum atomic E-state index is 0.153. The first-order valence-corrected chi connectivity index (χ1v) is 8.82. The second-order valence-electron chi connectivity index (χ2n) is 6.61. The van der Waals surface area contributed by atoms with E-state index >= 15 is 0 Å². The Morgan fingerprint density at radius 2 is 1.78 bits per heavy atom. The second kappa shape index (κ2) is 7.10. The second-order valence-corrected chi connectivity index (χ2v) is 7.02. The molecule has 2 aliphatic heterocycles. The van der Waals surface area contributed by atoms with Crippen LogP contribution < -0.4 is 4.90 Å². The molecule has 1 aromatic rings. The van der Waals surface area contributed by atoms with Crippen LogP contribution in [0.3, 0.4) is 0 Å². The number of ether oxygens (including phenoxy) is 1. The summed E-state index contributed by atoms with van der Waals surface area (Å²) in [6.07, 6.45) is 1.73. The standard InChI is InChI=1S/C18H25ClN2O2/c1-13-11-14(2)17(16(19)12-13)20-5-7-21(8-6-20)18(22)15-3-9-23-10-4-15/h11-12,15H,3-10H2,1-2H3. The van der Waals surface area contributed by atoms with Gasteiger partial charge >= 0.3 is 0 Å². The van der Waals surface area contributed by atoms with Gasteiger partial charge in [0, 0.05) is 45.3 Å². The van der Waals surface area contributed by atoms with Crippen LogP contribution in [0.2, 0.25) is 5.02 Å². The van der Waals surface area contributed by atoms with Gasteiger partial charge in [-0.2, -0.15) is 0 Å². The first kappa shape index (κ1) is 16.6. The number of halogens is 1. The number of piperazine rings is 1. The van der Waals surface area contributed by atoms with E-state index in [1.165, 1.54) is 11.1 Å². The van der Waals surface area contributed by atoms with Crippen LogP contribution in [0.5, 0.6) is 0 Å². The summed E-state index contributed by atoms with van der Waals surface area (Å²) in [5.41, 5.74) is 3.51. The van der Waals surface area contributed by atoms with Gasteiger partial charge in [0.05, 0.1) is 10.7 Å². The number of aryl methyl sites for hydroxylation is 2. The van der Waals surface area contributed by atoms with Gasteiger partial charge in [0.25, 0.3) is 0 Å². The average molecular weight is 337 g/mol. The van der Waals surface area contributed by atoms with Crippen molar-refractivity contribution in [2.24, 2.45) is 5.92 Å². The van der Waals surface area contributed by atoms with Gasteiger partial charge in [0.15, 0.2) is 0 Å². The van der Waals surface area contributed by atoms with Crippen LogP contribution in [-0.4, -0.2) is 50.2 Å². The Balaban J connectivity index is 1.63. The van der Waals surface area contributed by atoms with Crippen molar-refractivity contribution in [3.8, 4) is 0 Å². The van der Waals surface area contributed by atoms with Crippen LogP contribution in [0, 0.1) is 19.8 Å². The quantitative estimate of drug-likeness (QED) is 0.832. The van der Waals surface area contributed by atoms with Gasteiger partial charge in [0.2, 0.25) is 5.91 Å². The maximum Gasteiger partial charge on any atom is 0.225 e. The number of nitrogens with zero attached hydrogens (tertiary/aromatic N) is 2. The summed E-state index contributed by atoms with van der Waals surface area (Å²) < 4.78 is 5.35. The van der Waals surface area contributed by atoms with Gasteiger partial charge in [-0.05, 0) is 43.9 Å². The number of benzene rings is 1. The average Bonchev–Trinajstić information content (AvgIpc) is 2.55. The molecule has 0 aromatic heterocycles. The molecule has 4 nitrogen and oxygen atoms in total. The van der Waals surface area contributed by atoms with Crippen molar-refractivity contribution < 1.29 is 9.53 Å². The third-order valence-electron chi connectivity index (χ3n) is 4.88. The van der Waals surface area contributed by atoms with Crippen LogP contribution in [0.4, 0.5) is 5.69 Å². The normalized spacial score (nSPS) is 20.0. The largest absolute Gasteiger partial charge is 0.381 e. The lowest BCUT2D eigenvalue weighted by atomic mass is 9.98. The smallest absolute Gasteiger partial charge is 0.225 e. The molecule has 0 aliphatic carbocycles. The summed E-state index contributed by atoms with van der Waals surface area (Å²) in [6.45, 7) is 8.85. The number of rotatable bonds is 2. The zero-order valence-electron chi connectivity index (χ0n) is 14.0. The van der Waals surface area contributed by atoms with Gasteiger partial charge in [-0.25, -0.2) is 0 Å². The minimum Gasteiger partial charge on any atom is -0.381 e. The van der Waals surface area contributed by atoms with E-state index in [0.29, 0.717) is 19.1 Å². The molecule has 0 saturated carbocycles. The molecule has 0 atom stereocenters. The van der Waals surface area contributed by atoms with E-state index in [1.807, 2.05) is 11.0 Å². The predicted octanol–water partition coefficient (Wildman–Crippen LogP) is 3.03. The predicted molar refractivity (Wildman–Crippen MR) is 93.3 cm³/mol. The summed E-state index contributed by atoms with van der Waals surface area (Å²) in [4.78, 5) is 16.9. The molecular formula is C18H25ClN2O2. The summed E-state index contributed by atoms with van der Waals surface area (Å²) in [5, 5.41) is 0.812. The Kier molecular flexibility index (Phi) is 5.12.